The zero-order valence-corrected chi connectivity index (χ0v) is 14.1. The lowest BCUT2D eigenvalue weighted by atomic mass is 10.2. The van der Waals surface area contributed by atoms with Crippen molar-refractivity contribution in [1.82, 2.24) is 9.38 Å². The number of aromatic nitrogens is 2. The first-order chi connectivity index (χ1) is 12.7. The molecule has 4 heterocycles. The zero-order chi connectivity index (χ0) is 17.7. The molecule has 5 rings (SSSR count). The third-order valence-corrected chi connectivity index (χ3v) is 5.10. The van der Waals surface area contributed by atoms with Gasteiger partial charge in [0.25, 0.3) is 11.5 Å². The predicted molar refractivity (Wildman–Crippen MR) is 97.4 cm³/mol. The summed E-state index contributed by atoms with van der Waals surface area (Å²) in [5.74, 6) is 0.930. The molecular weight excluding hydrogens is 354 g/mol. The highest BCUT2D eigenvalue weighted by atomic mass is 32.1. The highest BCUT2D eigenvalue weighted by molar-refractivity contribution is 7.20. The van der Waals surface area contributed by atoms with E-state index in [0.29, 0.717) is 37.9 Å². The third kappa shape index (κ3) is 2.31. The minimum Gasteiger partial charge on any atom is -0.454 e. The SMILES string of the molecule is O=C(Nc1ccc2c(c1)OCO2)c1cc2c(=O)n3ccccc3nc2s1. The van der Waals surface area contributed by atoms with Crippen LogP contribution in [0.1, 0.15) is 9.67 Å². The minimum absolute atomic E-state index is 0.173. The normalized spacial score (nSPS) is 12.6. The number of hydrogen-bond acceptors (Lipinski definition) is 6. The van der Waals surface area contributed by atoms with E-state index in [1.807, 2.05) is 6.07 Å². The van der Waals surface area contributed by atoms with E-state index in [2.05, 4.69) is 10.3 Å². The molecule has 0 bridgehead atoms. The number of thiophene rings is 1. The first kappa shape index (κ1) is 14.9. The van der Waals surface area contributed by atoms with Gasteiger partial charge in [0, 0.05) is 18.0 Å². The van der Waals surface area contributed by atoms with Crippen LogP contribution >= 0.6 is 11.3 Å². The second-order valence-electron chi connectivity index (χ2n) is 5.70. The van der Waals surface area contributed by atoms with Crippen LogP contribution in [-0.4, -0.2) is 22.1 Å². The molecule has 8 heteroatoms. The Morgan fingerprint density at radius 2 is 2.04 bits per heavy atom. The van der Waals surface area contributed by atoms with E-state index in [-0.39, 0.29) is 18.3 Å². The lowest BCUT2D eigenvalue weighted by molar-refractivity contribution is 0.103. The maximum Gasteiger partial charge on any atom is 0.266 e. The molecule has 0 spiro atoms. The van der Waals surface area contributed by atoms with Crippen molar-refractivity contribution in [2.24, 2.45) is 0 Å². The number of pyridine rings is 1. The number of amides is 1. The summed E-state index contributed by atoms with van der Waals surface area (Å²) in [5.41, 5.74) is 0.949. The molecular formula is C18H11N3O4S. The van der Waals surface area contributed by atoms with Gasteiger partial charge in [0.05, 0.1) is 10.3 Å². The number of carbonyl (C=O) groups excluding carboxylic acids is 1. The number of anilines is 1. The quantitative estimate of drug-likeness (QED) is 0.591. The molecule has 1 N–H and O–H groups in total. The Hall–Kier alpha value is -3.39. The molecule has 4 aromatic rings. The highest BCUT2D eigenvalue weighted by Gasteiger charge is 2.17. The first-order valence-electron chi connectivity index (χ1n) is 7.81. The van der Waals surface area contributed by atoms with Gasteiger partial charge in [-0.1, -0.05) is 6.07 Å². The van der Waals surface area contributed by atoms with Crippen LogP contribution in [0.5, 0.6) is 11.5 Å². The molecule has 1 aliphatic heterocycles. The van der Waals surface area contributed by atoms with Crippen LogP contribution in [0.4, 0.5) is 5.69 Å². The number of ether oxygens (including phenoxy) is 2. The first-order valence-corrected chi connectivity index (χ1v) is 8.63. The van der Waals surface area contributed by atoms with Crippen molar-refractivity contribution >= 4 is 38.8 Å². The predicted octanol–water partition coefficient (Wildman–Crippen LogP) is 2.89. The Morgan fingerprint density at radius 1 is 1.15 bits per heavy atom. The van der Waals surface area contributed by atoms with Crippen molar-refractivity contribution in [3.8, 4) is 11.5 Å². The van der Waals surface area contributed by atoms with E-state index in [9.17, 15) is 9.59 Å². The summed E-state index contributed by atoms with van der Waals surface area (Å²) in [5, 5.41) is 3.23. The average Bonchev–Trinajstić information content (AvgIpc) is 3.28. The van der Waals surface area contributed by atoms with Gasteiger partial charge in [-0.25, -0.2) is 4.98 Å². The number of hydrogen-bond donors (Lipinski definition) is 1. The van der Waals surface area contributed by atoms with Crippen LogP contribution < -0.4 is 20.3 Å². The van der Waals surface area contributed by atoms with Gasteiger partial charge in [-0.05, 0) is 30.3 Å². The summed E-state index contributed by atoms with van der Waals surface area (Å²) in [6, 6.07) is 12.1. The smallest absolute Gasteiger partial charge is 0.266 e. The zero-order valence-electron chi connectivity index (χ0n) is 13.3. The fraction of sp³-hybridized carbons (Fsp3) is 0.0556. The van der Waals surface area contributed by atoms with Gasteiger partial charge in [-0.15, -0.1) is 11.3 Å². The lowest BCUT2D eigenvalue weighted by Crippen LogP contribution is -2.13. The number of nitrogens with zero attached hydrogens (tertiary/aromatic N) is 2. The molecule has 1 aromatic carbocycles. The van der Waals surface area contributed by atoms with Crippen molar-refractivity contribution in [2.45, 2.75) is 0 Å². The molecule has 0 saturated carbocycles. The Balaban J connectivity index is 1.52. The number of fused-ring (bicyclic) bond motifs is 3. The monoisotopic (exact) mass is 365 g/mol. The molecule has 128 valence electrons. The lowest BCUT2D eigenvalue weighted by Gasteiger charge is -2.04. The van der Waals surface area contributed by atoms with Crippen LogP contribution in [-0.2, 0) is 0 Å². The molecule has 7 nitrogen and oxygen atoms in total. The summed E-state index contributed by atoms with van der Waals surface area (Å²) < 4.78 is 12.0. The fourth-order valence-electron chi connectivity index (χ4n) is 2.83. The van der Waals surface area contributed by atoms with Gasteiger partial charge < -0.3 is 14.8 Å². The molecule has 0 unspecified atom stereocenters. The Bertz CT molecular complexity index is 1240. The van der Waals surface area contributed by atoms with Crippen molar-refractivity contribution in [3.63, 3.8) is 0 Å². The van der Waals surface area contributed by atoms with Crippen molar-refractivity contribution in [2.75, 3.05) is 12.1 Å². The summed E-state index contributed by atoms with van der Waals surface area (Å²) in [6.07, 6.45) is 1.66. The minimum atomic E-state index is -0.305. The Kier molecular flexibility index (Phi) is 3.19. The number of rotatable bonds is 2. The molecule has 26 heavy (non-hydrogen) atoms. The fourth-order valence-corrected chi connectivity index (χ4v) is 3.75. The summed E-state index contributed by atoms with van der Waals surface area (Å²) in [7, 11) is 0. The largest absolute Gasteiger partial charge is 0.454 e. The van der Waals surface area contributed by atoms with Gasteiger partial charge >= 0.3 is 0 Å². The number of benzene rings is 1. The molecule has 0 aliphatic carbocycles. The van der Waals surface area contributed by atoms with Crippen LogP contribution in [0.25, 0.3) is 15.9 Å². The van der Waals surface area contributed by atoms with Crippen LogP contribution in [0.15, 0.2) is 53.5 Å². The van der Waals surface area contributed by atoms with Gasteiger partial charge in [-0.3, -0.25) is 14.0 Å². The molecule has 3 aromatic heterocycles. The maximum absolute atomic E-state index is 12.6. The third-order valence-electron chi connectivity index (χ3n) is 4.07. The molecule has 1 aliphatic rings. The van der Waals surface area contributed by atoms with Crippen molar-refractivity contribution in [3.05, 3.63) is 63.9 Å². The second kappa shape index (κ2) is 5.57. The maximum atomic E-state index is 12.6. The van der Waals surface area contributed by atoms with E-state index >= 15 is 0 Å². The Labute approximate surface area is 150 Å². The van der Waals surface area contributed by atoms with Gasteiger partial charge in [0.2, 0.25) is 6.79 Å². The number of carbonyl (C=O) groups is 1. The topological polar surface area (TPSA) is 81.9 Å². The van der Waals surface area contributed by atoms with E-state index in [1.54, 1.807) is 42.6 Å². The average molecular weight is 365 g/mol. The highest BCUT2D eigenvalue weighted by Crippen LogP contribution is 2.34. The second-order valence-corrected chi connectivity index (χ2v) is 6.73. The molecule has 0 radical (unpaired) electrons. The summed E-state index contributed by atoms with van der Waals surface area (Å²) >= 11 is 1.19. The van der Waals surface area contributed by atoms with E-state index in [0.717, 1.165) is 0 Å². The van der Waals surface area contributed by atoms with Crippen LogP contribution in [0, 0.1) is 0 Å². The molecule has 1 amide bonds. The van der Waals surface area contributed by atoms with Crippen LogP contribution in [0.3, 0.4) is 0 Å². The molecule has 0 fully saturated rings. The summed E-state index contributed by atoms with van der Waals surface area (Å²) in [6.45, 7) is 0.173. The standard InChI is InChI=1S/C18H11N3O4S/c22-16(19-10-4-5-12-13(7-10)25-9-24-12)14-8-11-17(26-14)20-15-3-1-2-6-21(15)18(11)23/h1-8H,9H2,(H,19,22). The van der Waals surface area contributed by atoms with Crippen molar-refractivity contribution < 1.29 is 14.3 Å². The van der Waals surface area contributed by atoms with Gasteiger partial charge in [0.1, 0.15) is 10.5 Å². The Morgan fingerprint density at radius 3 is 2.96 bits per heavy atom. The van der Waals surface area contributed by atoms with Gasteiger partial charge in [-0.2, -0.15) is 0 Å². The summed E-state index contributed by atoms with van der Waals surface area (Å²) in [4.78, 5) is 30.6. The molecule has 0 atom stereocenters. The van der Waals surface area contributed by atoms with Gasteiger partial charge in [0.15, 0.2) is 11.5 Å². The number of nitrogens with one attached hydrogen (secondary N) is 1. The van der Waals surface area contributed by atoms with Crippen molar-refractivity contribution in [1.29, 1.82) is 0 Å². The van der Waals surface area contributed by atoms with E-state index in [4.69, 9.17) is 9.47 Å². The van der Waals surface area contributed by atoms with E-state index in [1.165, 1.54) is 15.7 Å². The van der Waals surface area contributed by atoms with Crippen LogP contribution in [0.2, 0.25) is 0 Å². The molecule has 0 saturated heterocycles. The van der Waals surface area contributed by atoms with E-state index < -0.39 is 0 Å².